The lowest BCUT2D eigenvalue weighted by Gasteiger charge is -2.41. The molecule has 1 atom stereocenters. The highest BCUT2D eigenvalue weighted by Gasteiger charge is 2.35. The summed E-state index contributed by atoms with van der Waals surface area (Å²) in [6.45, 7) is 13.5. The molecule has 1 aliphatic heterocycles. The van der Waals surface area contributed by atoms with E-state index in [2.05, 4.69) is 31.0 Å². The second-order valence-electron chi connectivity index (χ2n) is 7.11. The molecule has 1 aliphatic carbocycles. The molecule has 1 unspecified atom stereocenters. The summed E-state index contributed by atoms with van der Waals surface area (Å²) in [6, 6.07) is 0. The molecule has 2 rings (SSSR count). The molecule has 0 aromatic heterocycles. The highest BCUT2D eigenvalue weighted by atomic mass is 15.2. The molecule has 2 fully saturated rings. The van der Waals surface area contributed by atoms with Crippen LogP contribution in [0.4, 0.5) is 0 Å². The van der Waals surface area contributed by atoms with Gasteiger partial charge in [0.25, 0.3) is 0 Å². The maximum atomic E-state index is 3.61. The molecule has 0 radical (unpaired) electrons. The van der Waals surface area contributed by atoms with Gasteiger partial charge in [-0.25, -0.2) is 0 Å². The molecule has 2 aliphatic rings. The van der Waals surface area contributed by atoms with Crippen molar-refractivity contribution in [2.75, 3.05) is 32.7 Å². The molecule has 0 amide bonds. The van der Waals surface area contributed by atoms with E-state index >= 15 is 0 Å². The molecule has 2 heteroatoms. The monoisotopic (exact) mass is 238 g/mol. The van der Waals surface area contributed by atoms with Crippen LogP contribution in [-0.4, -0.2) is 37.6 Å². The van der Waals surface area contributed by atoms with E-state index in [1.165, 1.54) is 58.4 Å². The van der Waals surface area contributed by atoms with E-state index in [4.69, 9.17) is 0 Å². The van der Waals surface area contributed by atoms with E-state index in [0.717, 1.165) is 11.8 Å². The smallest absolute Gasteiger partial charge is 0.00354 e. The summed E-state index contributed by atoms with van der Waals surface area (Å²) in [6.07, 6.45) is 5.78. The molecule has 17 heavy (non-hydrogen) atoms. The molecule has 0 aromatic rings. The highest BCUT2D eigenvalue weighted by Crippen LogP contribution is 2.41. The van der Waals surface area contributed by atoms with Gasteiger partial charge in [0.2, 0.25) is 0 Å². The molecule has 100 valence electrons. The van der Waals surface area contributed by atoms with E-state index < -0.39 is 0 Å². The van der Waals surface area contributed by atoms with Gasteiger partial charge in [-0.2, -0.15) is 0 Å². The quantitative estimate of drug-likeness (QED) is 0.765. The fourth-order valence-electron chi connectivity index (χ4n) is 3.28. The molecule has 0 bridgehead atoms. The molecule has 1 saturated heterocycles. The molecule has 1 saturated carbocycles. The largest absolute Gasteiger partial charge is 0.316 e. The Morgan fingerprint density at radius 3 is 2.71 bits per heavy atom. The zero-order chi connectivity index (χ0) is 12.3. The average Bonchev–Trinajstić information content (AvgIpc) is 2.63. The predicted octanol–water partition coefficient (Wildman–Crippen LogP) is 2.74. The van der Waals surface area contributed by atoms with Gasteiger partial charge in [0.1, 0.15) is 0 Å². The van der Waals surface area contributed by atoms with Gasteiger partial charge in [0, 0.05) is 13.1 Å². The molecule has 1 N–H and O–H groups in total. The fraction of sp³-hybridized carbons (Fsp3) is 1.00. The van der Waals surface area contributed by atoms with Crippen molar-refractivity contribution < 1.29 is 0 Å². The number of nitrogens with zero attached hydrogens (tertiary/aromatic N) is 1. The first-order chi connectivity index (χ1) is 8.07. The molecule has 0 spiro atoms. The molecule has 1 heterocycles. The Bertz CT molecular complexity index is 233. The van der Waals surface area contributed by atoms with Crippen molar-refractivity contribution in [1.29, 1.82) is 0 Å². The second-order valence-corrected chi connectivity index (χ2v) is 7.11. The number of hydrogen-bond acceptors (Lipinski definition) is 2. The van der Waals surface area contributed by atoms with Crippen LogP contribution < -0.4 is 5.32 Å². The minimum atomic E-state index is 0.667. The third-order valence-electron chi connectivity index (χ3n) is 4.52. The topological polar surface area (TPSA) is 15.3 Å². The second kappa shape index (κ2) is 5.71. The minimum Gasteiger partial charge on any atom is -0.316 e. The number of likely N-dealkylation sites (tertiary alicyclic amines) is 1. The van der Waals surface area contributed by atoms with E-state index in [9.17, 15) is 0 Å². The van der Waals surface area contributed by atoms with Gasteiger partial charge in [-0.05, 0) is 56.1 Å². The first-order valence-electron chi connectivity index (χ1n) is 7.50. The van der Waals surface area contributed by atoms with Crippen molar-refractivity contribution in [2.24, 2.45) is 17.3 Å². The van der Waals surface area contributed by atoms with E-state index in [0.29, 0.717) is 5.41 Å². The summed E-state index contributed by atoms with van der Waals surface area (Å²) < 4.78 is 0. The zero-order valence-electron chi connectivity index (χ0n) is 12.0. The third-order valence-corrected chi connectivity index (χ3v) is 4.52. The van der Waals surface area contributed by atoms with Crippen LogP contribution in [0.15, 0.2) is 0 Å². The van der Waals surface area contributed by atoms with Crippen LogP contribution >= 0.6 is 0 Å². The maximum absolute atomic E-state index is 3.61. The van der Waals surface area contributed by atoms with Crippen molar-refractivity contribution in [3.8, 4) is 0 Å². The van der Waals surface area contributed by atoms with Gasteiger partial charge in [-0.3, -0.25) is 0 Å². The summed E-state index contributed by atoms with van der Waals surface area (Å²) in [4.78, 5) is 2.71. The fourth-order valence-corrected chi connectivity index (χ4v) is 3.28. The normalized spacial score (nSPS) is 28.6. The third kappa shape index (κ3) is 3.96. The maximum Gasteiger partial charge on any atom is 0.00354 e. The Morgan fingerprint density at radius 1 is 1.35 bits per heavy atom. The standard InChI is InChI=1S/C15H30N2/c1-13(2)9-16-10-14-5-8-17(11-14)12-15(3)6-4-7-15/h13-14,16H,4-12H2,1-3H3. The summed E-state index contributed by atoms with van der Waals surface area (Å²) in [5.74, 6) is 1.68. The lowest BCUT2D eigenvalue weighted by molar-refractivity contribution is 0.0964. The summed E-state index contributed by atoms with van der Waals surface area (Å²) in [5.41, 5.74) is 0.667. The van der Waals surface area contributed by atoms with Gasteiger partial charge in [-0.15, -0.1) is 0 Å². The van der Waals surface area contributed by atoms with Crippen LogP contribution in [0.2, 0.25) is 0 Å². The predicted molar refractivity (Wildman–Crippen MR) is 74.2 cm³/mol. The van der Waals surface area contributed by atoms with E-state index in [-0.39, 0.29) is 0 Å². The molecular weight excluding hydrogens is 208 g/mol. The van der Waals surface area contributed by atoms with Crippen LogP contribution in [0.1, 0.15) is 46.5 Å². The van der Waals surface area contributed by atoms with Crippen molar-refractivity contribution >= 4 is 0 Å². The van der Waals surface area contributed by atoms with Gasteiger partial charge in [0.05, 0.1) is 0 Å². The van der Waals surface area contributed by atoms with Crippen LogP contribution in [0.5, 0.6) is 0 Å². The van der Waals surface area contributed by atoms with Crippen molar-refractivity contribution in [1.82, 2.24) is 10.2 Å². The Labute approximate surface area is 107 Å². The number of rotatable bonds is 6. The number of nitrogens with one attached hydrogen (secondary N) is 1. The molecular formula is C15H30N2. The first-order valence-corrected chi connectivity index (χ1v) is 7.50. The minimum absolute atomic E-state index is 0.667. The highest BCUT2D eigenvalue weighted by molar-refractivity contribution is 4.89. The average molecular weight is 238 g/mol. The van der Waals surface area contributed by atoms with Gasteiger partial charge in [0.15, 0.2) is 0 Å². The summed E-state index contributed by atoms with van der Waals surface area (Å²) in [5, 5.41) is 3.61. The zero-order valence-corrected chi connectivity index (χ0v) is 12.0. The van der Waals surface area contributed by atoms with E-state index in [1.807, 2.05) is 0 Å². The number of hydrogen-bond donors (Lipinski definition) is 1. The van der Waals surface area contributed by atoms with Crippen LogP contribution in [0, 0.1) is 17.3 Å². The Balaban J connectivity index is 1.62. The first kappa shape index (κ1) is 13.4. The molecule has 0 aromatic carbocycles. The SMILES string of the molecule is CC(C)CNCC1CCN(CC2(C)CCC2)C1. The van der Waals surface area contributed by atoms with Gasteiger partial charge in [-0.1, -0.05) is 27.2 Å². The lowest BCUT2D eigenvalue weighted by Crippen LogP contribution is -2.39. The lowest BCUT2D eigenvalue weighted by atomic mass is 9.70. The summed E-state index contributed by atoms with van der Waals surface area (Å²) >= 11 is 0. The summed E-state index contributed by atoms with van der Waals surface area (Å²) in [7, 11) is 0. The van der Waals surface area contributed by atoms with E-state index in [1.54, 1.807) is 0 Å². The Hall–Kier alpha value is -0.0800. The van der Waals surface area contributed by atoms with Crippen molar-refractivity contribution in [3.63, 3.8) is 0 Å². The van der Waals surface area contributed by atoms with Crippen LogP contribution in [0.3, 0.4) is 0 Å². The van der Waals surface area contributed by atoms with Crippen molar-refractivity contribution in [2.45, 2.75) is 46.5 Å². The van der Waals surface area contributed by atoms with Crippen LogP contribution in [-0.2, 0) is 0 Å². The van der Waals surface area contributed by atoms with Crippen molar-refractivity contribution in [3.05, 3.63) is 0 Å². The van der Waals surface area contributed by atoms with Gasteiger partial charge < -0.3 is 10.2 Å². The molecule has 2 nitrogen and oxygen atoms in total. The Morgan fingerprint density at radius 2 is 2.12 bits per heavy atom. The van der Waals surface area contributed by atoms with Crippen LogP contribution in [0.25, 0.3) is 0 Å². The van der Waals surface area contributed by atoms with Gasteiger partial charge >= 0.3 is 0 Å². The Kier molecular flexibility index (Phi) is 4.48.